The molecule has 0 aliphatic rings. The molecule has 0 bridgehead atoms. The summed E-state index contributed by atoms with van der Waals surface area (Å²) < 4.78 is 6.03. The minimum atomic E-state index is 0.584. The van der Waals surface area contributed by atoms with E-state index in [-0.39, 0.29) is 0 Å². The number of aromatic nitrogens is 2. The zero-order valence-electron chi connectivity index (χ0n) is 23.4. The molecule has 0 spiro atoms. The normalized spacial score (nSPS) is 11.1. The lowest BCUT2D eigenvalue weighted by molar-refractivity contribution is 0.306. The number of hydrogen-bond acceptors (Lipinski definition) is 3. The summed E-state index contributed by atoms with van der Waals surface area (Å²) in [5, 5.41) is 0. The van der Waals surface area contributed by atoms with Crippen LogP contribution in [0.2, 0.25) is 0 Å². The van der Waals surface area contributed by atoms with Crippen molar-refractivity contribution in [2.75, 3.05) is 0 Å². The number of hydrogen-bond donors (Lipinski definition) is 0. The molecule has 0 unspecified atom stereocenters. The topological polar surface area (TPSA) is 35.0 Å². The maximum absolute atomic E-state index is 6.03. The summed E-state index contributed by atoms with van der Waals surface area (Å²) in [5.41, 5.74) is 4.88. The van der Waals surface area contributed by atoms with Crippen molar-refractivity contribution in [3.63, 3.8) is 0 Å². The number of benzene rings is 2. The van der Waals surface area contributed by atoms with Gasteiger partial charge in [0.2, 0.25) is 0 Å². The molecule has 1 aromatic heterocycles. The van der Waals surface area contributed by atoms with Gasteiger partial charge in [-0.3, -0.25) is 0 Å². The van der Waals surface area contributed by atoms with Gasteiger partial charge < -0.3 is 4.74 Å². The van der Waals surface area contributed by atoms with Gasteiger partial charge in [0.15, 0.2) is 5.82 Å². The first kappa shape index (κ1) is 28.9. The lowest BCUT2D eigenvalue weighted by Crippen LogP contribution is -1.96. The molecule has 0 radical (unpaired) electrons. The van der Waals surface area contributed by atoms with Crippen LogP contribution in [0.4, 0.5) is 0 Å². The Bertz CT molecular complexity index is 964. The highest BCUT2D eigenvalue weighted by Gasteiger charge is 2.04. The van der Waals surface area contributed by atoms with Gasteiger partial charge in [0, 0.05) is 18.0 Å². The van der Waals surface area contributed by atoms with Crippen molar-refractivity contribution in [2.45, 2.75) is 117 Å². The third kappa shape index (κ3) is 11.5. The van der Waals surface area contributed by atoms with Crippen molar-refractivity contribution in [1.29, 1.82) is 0 Å². The number of aryl methyl sites for hydroxylation is 2. The highest BCUT2D eigenvalue weighted by Crippen LogP contribution is 2.21. The summed E-state index contributed by atoms with van der Waals surface area (Å²) in [4.78, 5) is 9.18. The van der Waals surface area contributed by atoms with E-state index >= 15 is 0 Å². The van der Waals surface area contributed by atoms with Crippen LogP contribution in [0.25, 0.3) is 11.4 Å². The number of unbranched alkanes of at least 4 members (excludes halogenated alkanes) is 11. The quantitative estimate of drug-likeness (QED) is 0.154. The standard InChI is InChI=1S/C34H48N2O/c1-3-5-7-9-10-11-13-14-16-29-18-20-30(21-19-29)28-37-33-24-22-32(23-25-33)34-35-26-31(27-36-34)17-15-12-8-6-4-2/h18-27H,3-17,28H2,1-2H3. The van der Waals surface area contributed by atoms with Gasteiger partial charge in [-0.15, -0.1) is 0 Å². The first-order valence-corrected chi connectivity index (χ1v) is 14.9. The second-order valence-corrected chi connectivity index (χ2v) is 10.4. The van der Waals surface area contributed by atoms with Crippen LogP contribution in [0.5, 0.6) is 5.75 Å². The molecule has 200 valence electrons. The maximum Gasteiger partial charge on any atom is 0.159 e. The van der Waals surface area contributed by atoms with Crippen molar-refractivity contribution >= 4 is 0 Å². The average molecular weight is 501 g/mol. The molecule has 0 amide bonds. The Morgan fingerprint density at radius 3 is 1.57 bits per heavy atom. The lowest BCUT2D eigenvalue weighted by atomic mass is 10.0. The van der Waals surface area contributed by atoms with Gasteiger partial charge in [-0.2, -0.15) is 0 Å². The van der Waals surface area contributed by atoms with Crippen molar-refractivity contribution in [3.8, 4) is 17.1 Å². The van der Waals surface area contributed by atoms with Crippen molar-refractivity contribution < 1.29 is 4.74 Å². The molecule has 3 nitrogen and oxygen atoms in total. The van der Waals surface area contributed by atoms with E-state index < -0.39 is 0 Å². The van der Waals surface area contributed by atoms with Crippen LogP contribution in [0.1, 0.15) is 114 Å². The summed E-state index contributed by atoms with van der Waals surface area (Å²) in [6, 6.07) is 17.0. The molecule has 1 heterocycles. The van der Waals surface area contributed by atoms with Crippen LogP contribution >= 0.6 is 0 Å². The van der Waals surface area contributed by atoms with Gasteiger partial charge in [0.25, 0.3) is 0 Å². The fraction of sp³-hybridized carbons (Fsp3) is 0.529. The van der Waals surface area contributed by atoms with Crippen LogP contribution < -0.4 is 4.74 Å². The molecule has 0 atom stereocenters. The van der Waals surface area contributed by atoms with E-state index in [2.05, 4.69) is 48.1 Å². The van der Waals surface area contributed by atoms with Gasteiger partial charge in [-0.05, 0) is 66.6 Å². The van der Waals surface area contributed by atoms with Crippen molar-refractivity contribution in [3.05, 3.63) is 77.6 Å². The Labute approximate surface area is 226 Å². The molecule has 3 heteroatoms. The van der Waals surface area contributed by atoms with E-state index in [0.717, 1.165) is 23.6 Å². The second kappa shape index (κ2) is 17.7. The Hall–Kier alpha value is -2.68. The Morgan fingerprint density at radius 2 is 1.00 bits per heavy atom. The molecule has 2 aromatic carbocycles. The highest BCUT2D eigenvalue weighted by molar-refractivity contribution is 5.55. The number of nitrogens with zero attached hydrogens (tertiary/aromatic N) is 2. The highest BCUT2D eigenvalue weighted by atomic mass is 16.5. The fourth-order valence-electron chi connectivity index (χ4n) is 4.70. The number of rotatable bonds is 19. The van der Waals surface area contributed by atoms with Crippen LogP contribution in [0.3, 0.4) is 0 Å². The largest absolute Gasteiger partial charge is 0.489 e. The van der Waals surface area contributed by atoms with E-state index in [1.807, 2.05) is 36.7 Å². The Morgan fingerprint density at radius 1 is 0.514 bits per heavy atom. The van der Waals surface area contributed by atoms with Crippen molar-refractivity contribution in [1.82, 2.24) is 9.97 Å². The summed E-state index contributed by atoms with van der Waals surface area (Å²) in [6.45, 7) is 5.12. The van der Waals surface area contributed by atoms with Gasteiger partial charge >= 0.3 is 0 Å². The van der Waals surface area contributed by atoms with Gasteiger partial charge in [-0.1, -0.05) is 109 Å². The maximum atomic E-state index is 6.03. The summed E-state index contributed by atoms with van der Waals surface area (Å²) in [7, 11) is 0. The third-order valence-electron chi connectivity index (χ3n) is 7.13. The SMILES string of the molecule is CCCCCCCCCCc1ccc(COc2ccc(-c3ncc(CCCCCCC)cn3)cc2)cc1. The predicted molar refractivity (Wildman–Crippen MR) is 157 cm³/mol. The molecule has 0 aliphatic carbocycles. The molecule has 0 fully saturated rings. The molecular weight excluding hydrogens is 452 g/mol. The minimum Gasteiger partial charge on any atom is -0.489 e. The first-order chi connectivity index (χ1) is 18.3. The summed E-state index contributed by atoms with van der Waals surface area (Å²) in [5.74, 6) is 1.64. The molecule has 0 saturated heterocycles. The first-order valence-electron chi connectivity index (χ1n) is 14.9. The summed E-state index contributed by atoms with van der Waals surface area (Å²) >= 11 is 0. The third-order valence-corrected chi connectivity index (χ3v) is 7.13. The van der Waals surface area contributed by atoms with E-state index in [1.54, 1.807) is 0 Å². The molecule has 3 rings (SSSR count). The smallest absolute Gasteiger partial charge is 0.159 e. The summed E-state index contributed by atoms with van der Waals surface area (Å²) in [6.07, 6.45) is 23.6. The van der Waals surface area contributed by atoms with Gasteiger partial charge in [0.1, 0.15) is 12.4 Å². The van der Waals surface area contributed by atoms with Crippen LogP contribution in [-0.2, 0) is 19.4 Å². The van der Waals surface area contributed by atoms with Gasteiger partial charge in [-0.25, -0.2) is 9.97 Å². The van der Waals surface area contributed by atoms with Crippen LogP contribution in [0, 0.1) is 0 Å². The Kier molecular flexibility index (Phi) is 13.8. The van der Waals surface area contributed by atoms with E-state index in [0.29, 0.717) is 6.61 Å². The lowest BCUT2D eigenvalue weighted by Gasteiger charge is -2.09. The molecular formula is C34H48N2O. The predicted octanol–water partition coefficient (Wildman–Crippen LogP) is 9.92. The number of ether oxygens (including phenoxy) is 1. The molecule has 0 N–H and O–H groups in total. The Balaban J connectivity index is 1.35. The molecule has 0 aliphatic heterocycles. The average Bonchev–Trinajstić information content (AvgIpc) is 2.94. The fourth-order valence-corrected chi connectivity index (χ4v) is 4.70. The zero-order chi connectivity index (χ0) is 26.0. The van der Waals surface area contributed by atoms with Crippen molar-refractivity contribution in [2.24, 2.45) is 0 Å². The monoisotopic (exact) mass is 500 g/mol. The van der Waals surface area contributed by atoms with Crippen LogP contribution in [0.15, 0.2) is 60.9 Å². The minimum absolute atomic E-state index is 0.584. The van der Waals surface area contributed by atoms with E-state index in [9.17, 15) is 0 Å². The van der Waals surface area contributed by atoms with Crippen LogP contribution in [-0.4, -0.2) is 9.97 Å². The molecule has 3 aromatic rings. The van der Waals surface area contributed by atoms with E-state index in [1.165, 1.54) is 107 Å². The second-order valence-electron chi connectivity index (χ2n) is 10.4. The molecule has 0 saturated carbocycles. The van der Waals surface area contributed by atoms with E-state index in [4.69, 9.17) is 4.74 Å². The molecule has 37 heavy (non-hydrogen) atoms. The zero-order valence-corrected chi connectivity index (χ0v) is 23.4. The van der Waals surface area contributed by atoms with Gasteiger partial charge in [0.05, 0.1) is 0 Å².